The van der Waals surface area contributed by atoms with Crippen LogP contribution in [0.25, 0.3) is 0 Å². The van der Waals surface area contributed by atoms with E-state index >= 15 is 0 Å². The van der Waals surface area contributed by atoms with E-state index in [2.05, 4.69) is 5.32 Å². The van der Waals surface area contributed by atoms with Gasteiger partial charge >= 0.3 is 0 Å². The minimum atomic E-state index is -0.916. The molecule has 0 spiro atoms. The van der Waals surface area contributed by atoms with Gasteiger partial charge in [-0.15, -0.1) is 0 Å². The van der Waals surface area contributed by atoms with E-state index in [4.69, 9.17) is 15.2 Å². The smallest absolute Gasteiger partial charge is 0.246 e. The maximum absolute atomic E-state index is 12.1. The first-order valence-corrected chi connectivity index (χ1v) is 6.55. The Morgan fingerprint density at radius 3 is 3.11 bits per heavy atom. The average molecular weight is 264 g/mol. The van der Waals surface area contributed by atoms with Crippen molar-refractivity contribution in [1.82, 2.24) is 0 Å². The lowest BCUT2D eigenvalue weighted by atomic mass is 9.99. The van der Waals surface area contributed by atoms with Gasteiger partial charge in [0.1, 0.15) is 11.3 Å². The Balaban J connectivity index is 2.00. The number of ether oxygens (including phenoxy) is 2. The second kappa shape index (κ2) is 6.04. The summed E-state index contributed by atoms with van der Waals surface area (Å²) in [6, 6.07) is 7.32. The van der Waals surface area contributed by atoms with E-state index in [1.54, 1.807) is 6.07 Å². The van der Waals surface area contributed by atoms with Crippen LogP contribution in [0.15, 0.2) is 24.3 Å². The van der Waals surface area contributed by atoms with Gasteiger partial charge in [-0.2, -0.15) is 0 Å². The van der Waals surface area contributed by atoms with Gasteiger partial charge in [-0.1, -0.05) is 13.0 Å². The zero-order valence-electron chi connectivity index (χ0n) is 11.1. The largest absolute Gasteiger partial charge is 0.494 e. The first kappa shape index (κ1) is 13.8. The lowest BCUT2D eigenvalue weighted by Crippen LogP contribution is -2.51. The van der Waals surface area contributed by atoms with Gasteiger partial charge in [0.05, 0.1) is 13.2 Å². The summed E-state index contributed by atoms with van der Waals surface area (Å²) < 4.78 is 10.7. The summed E-state index contributed by atoms with van der Waals surface area (Å²) in [5.41, 5.74) is 5.77. The molecule has 5 nitrogen and oxygen atoms in total. The number of amides is 1. The molecule has 0 aliphatic carbocycles. The van der Waals surface area contributed by atoms with Crippen LogP contribution >= 0.6 is 0 Å². The van der Waals surface area contributed by atoms with E-state index in [1.165, 1.54) is 0 Å². The van der Waals surface area contributed by atoms with Gasteiger partial charge in [0.15, 0.2) is 0 Å². The summed E-state index contributed by atoms with van der Waals surface area (Å²) in [5, 5.41) is 2.82. The molecule has 1 fully saturated rings. The van der Waals surface area contributed by atoms with Crippen molar-refractivity contribution in [3.05, 3.63) is 24.3 Å². The fourth-order valence-corrected chi connectivity index (χ4v) is 1.90. The summed E-state index contributed by atoms with van der Waals surface area (Å²) in [4.78, 5) is 12.1. The molecule has 1 atom stereocenters. The molecule has 5 heteroatoms. The van der Waals surface area contributed by atoms with Crippen LogP contribution in [0.3, 0.4) is 0 Å². The number of carbonyl (C=O) groups excluding carboxylic acids is 1. The molecule has 1 saturated heterocycles. The minimum absolute atomic E-state index is 0.211. The lowest BCUT2D eigenvalue weighted by Gasteiger charge is -2.20. The molecule has 1 aromatic carbocycles. The number of hydrogen-bond donors (Lipinski definition) is 2. The van der Waals surface area contributed by atoms with Crippen LogP contribution in [0, 0.1) is 0 Å². The number of nitrogens with one attached hydrogen (secondary N) is 1. The molecule has 2 rings (SSSR count). The van der Waals surface area contributed by atoms with Crippen LogP contribution in [0.2, 0.25) is 0 Å². The van der Waals surface area contributed by atoms with Crippen molar-refractivity contribution in [3.8, 4) is 5.75 Å². The van der Waals surface area contributed by atoms with E-state index in [0.717, 1.165) is 12.2 Å². The van der Waals surface area contributed by atoms with Gasteiger partial charge in [0.25, 0.3) is 0 Å². The van der Waals surface area contributed by atoms with E-state index in [9.17, 15) is 4.79 Å². The molecule has 19 heavy (non-hydrogen) atoms. The number of rotatable bonds is 5. The van der Waals surface area contributed by atoms with Gasteiger partial charge in [-0.05, 0) is 25.0 Å². The highest BCUT2D eigenvalue weighted by Crippen LogP contribution is 2.21. The predicted octanol–water partition coefficient (Wildman–Crippen LogP) is 1.53. The van der Waals surface area contributed by atoms with Gasteiger partial charge in [0, 0.05) is 18.4 Å². The Bertz CT molecular complexity index is 442. The zero-order valence-corrected chi connectivity index (χ0v) is 11.1. The van der Waals surface area contributed by atoms with Crippen molar-refractivity contribution in [3.63, 3.8) is 0 Å². The summed E-state index contributed by atoms with van der Waals surface area (Å²) >= 11 is 0. The minimum Gasteiger partial charge on any atom is -0.494 e. The molecule has 104 valence electrons. The van der Waals surface area contributed by atoms with Crippen molar-refractivity contribution in [1.29, 1.82) is 0 Å². The van der Waals surface area contributed by atoms with Crippen molar-refractivity contribution in [2.45, 2.75) is 25.3 Å². The van der Waals surface area contributed by atoms with Crippen LogP contribution in [-0.4, -0.2) is 31.3 Å². The molecule has 1 amide bonds. The third-order valence-electron chi connectivity index (χ3n) is 3.07. The number of nitrogens with two attached hydrogens (primary N) is 1. The number of carbonyl (C=O) groups is 1. The van der Waals surface area contributed by atoms with Gasteiger partial charge in [-0.3, -0.25) is 4.79 Å². The van der Waals surface area contributed by atoms with Gasteiger partial charge in [0.2, 0.25) is 5.91 Å². The number of hydrogen-bond acceptors (Lipinski definition) is 4. The van der Waals surface area contributed by atoms with Crippen molar-refractivity contribution in [2.24, 2.45) is 5.73 Å². The van der Waals surface area contributed by atoms with Crippen LogP contribution in [0.5, 0.6) is 5.75 Å². The van der Waals surface area contributed by atoms with Crippen LogP contribution in [0.4, 0.5) is 5.69 Å². The SMILES string of the molecule is CCCOc1cccc(NC(=O)C2(N)CCOC2)c1. The fourth-order valence-electron chi connectivity index (χ4n) is 1.90. The monoisotopic (exact) mass is 264 g/mol. The molecule has 1 unspecified atom stereocenters. The van der Waals surface area contributed by atoms with Crippen molar-refractivity contribution < 1.29 is 14.3 Å². The second-order valence-electron chi connectivity index (χ2n) is 4.79. The number of benzene rings is 1. The predicted molar refractivity (Wildman–Crippen MR) is 73.2 cm³/mol. The zero-order chi connectivity index (χ0) is 13.7. The highest BCUT2D eigenvalue weighted by atomic mass is 16.5. The molecule has 0 bridgehead atoms. The maximum atomic E-state index is 12.1. The maximum Gasteiger partial charge on any atom is 0.246 e. The molecular formula is C14H20N2O3. The lowest BCUT2D eigenvalue weighted by molar-refractivity contribution is -0.121. The third-order valence-corrected chi connectivity index (χ3v) is 3.07. The molecule has 1 aliphatic heterocycles. The molecule has 0 aromatic heterocycles. The van der Waals surface area contributed by atoms with Crippen LogP contribution < -0.4 is 15.8 Å². The molecule has 0 radical (unpaired) electrons. The highest BCUT2D eigenvalue weighted by Gasteiger charge is 2.38. The quantitative estimate of drug-likeness (QED) is 0.846. The Morgan fingerprint density at radius 1 is 1.58 bits per heavy atom. The van der Waals surface area contributed by atoms with Crippen LogP contribution in [0.1, 0.15) is 19.8 Å². The fraction of sp³-hybridized carbons (Fsp3) is 0.500. The average Bonchev–Trinajstić information content (AvgIpc) is 2.85. The van der Waals surface area contributed by atoms with E-state index < -0.39 is 5.54 Å². The summed E-state index contributed by atoms with van der Waals surface area (Å²) in [6.07, 6.45) is 1.49. The third kappa shape index (κ3) is 3.45. The Labute approximate surface area is 113 Å². The highest BCUT2D eigenvalue weighted by molar-refractivity contribution is 5.98. The first-order chi connectivity index (χ1) is 9.14. The molecule has 1 aromatic rings. The van der Waals surface area contributed by atoms with Crippen LogP contribution in [-0.2, 0) is 9.53 Å². The topological polar surface area (TPSA) is 73.6 Å². The molecule has 3 N–H and O–H groups in total. The van der Waals surface area contributed by atoms with Gasteiger partial charge < -0.3 is 20.5 Å². The normalized spacial score (nSPS) is 22.2. The van der Waals surface area contributed by atoms with Crippen molar-refractivity contribution in [2.75, 3.05) is 25.1 Å². The molecule has 1 heterocycles. The van der Waals surface area contributed by atoms with Gasteiger partial charge in [-0.25, -0.2) is 0 Å². The van der Waals surface area contributed by atoms with E-state index in [-0.39, 0.29) is 12.5 Å². The molecular weight excluding hydrogens is 244 g/mol. The summed E-state index contributed by atoms with van der Waals surface area (Å²) in [6.45, 7) is 3.50. The van der Waals surface area contributed by atoms with Crippen molar-refractivity contribution >= 4 is 11.6 Å². The molecule has 0 saturated carbocycles. The molecule has 1 aliphatic rings. The standard InChI is InChI=1S/C14H20N2O3/c1-2-7-19-12-5-3-4-11(9-12)16-13(17)14(15)6-8-18-10-14/h3-5,9H,2,6-8,10,15H2,1H3,(H,16,17). The first-order valence-electron chi connectivity index (χ1n) is 6.55. The Kier molecular flexibility index (Phi) is 4.39. The summed E-state index contributed by atoms with van der Waals surface area (Å²) in [5.74, 6) is 0.533. The Morgan fingerprint density at radius 2 is 2.42 bits per heavy atom. The second-order valence-corrected chi connectivity index (χ2v) is 4.79. The van der Waals surface area contributed by atoms with E-state index in [1.807, 2.05) is 25.1 Å². The Hall–Kier alpha value is -1.59. The number of anilines is 1. The summed E-state index contributed by atoms with van der Waals surface area (Å²) in [7, 11) is 0. The van der Waals surface area contributed by atoms with E-state index in [0.29, 0.717) is 25.3 Å².